The van der Waals surface area contributed by atoms with Gasteiger partial charge in [0, 0.05) is 31.0 Å². The zero-order valence-corrected chi connectivity index (χ0v) is 13.6. The van der Waals surface area contributed by atoms with Gasteiger partial charge in [0.15, 0.2) is 9.84 Å². The van der Waals surface area contributed by atoms with Crippen molar-refractivity contribution in [3.8, 4) is 0 Å². The molecule has 0 radical (unpaired) electrons. The summed E-state index contributed by atoms with van der Waals surface area (Å²) in [6.45, 7) is 0.250. The number of halogens is 1. The van der Waals surface area contributed by atoms with Crippen LogP contribution in [0.1, 0.15) is 27.9 Å². The van der Waals surface area contributed by atoms with E-state index in [2.05, 4.69) is 9.97 Å². The Hall–Kier alpha value is -2.35. The standard InChI is InChI=1S/C16H16FN3O3S/c17-13-5-2-1-4-12(13)14-6-9-20(10-11-24(14,22)23)16(21)15-18-7-3-8-19-15/h1-5,7-8,14H,6,9-11H2/t14-/m1/s1. The summed E-state index contributed by atoms with van der Waals surface area (Å²) in [6, 6.07) is 7.45. The molecule has 1 aromatic carbocycles. The Kier molecular flexibility index (Phi) is 4.57. The first-order valence-electron chi connectivity index (χ1n) is 7.51. The van der Waals surface area contributed by atoms with E-state index in [-0.39, 0.29) is 36.7 Å². The van der Waals surface area contributed by atoms with E-state index in [0.717, 1.165) is 0 Å². The fourth-order valence-corrected chi connectivity index (χ4v) is 4.59. The van der Waals surface area contributed by atoms with Crippen LogP contribution in [0, 0.1) is 5.82 Å². The lowest BCUT2D eigenvalue weighted by molar-refractivity contribution is 0.0754. The summed E-state index contributed by atoms with van der Waals surface area (Å²) < 4.78 is 39.1. The summed E-state index contributed by atoms with van der Waals surface area (Å²) in [5.41, 5.74) is 0.155. The first kappa shape index (κ1) is 16.5. The van der Waals surface area contributed by atoms with Crippen LogP contribution in [0.25, 0.3) is 0 Å². The molecule has 24 heavy (non-hydrogen) atoms. The van der Waals surface area contributed by atoms with Crippen molar-refractivity contribution in [1.29, 1.82) is 0 Å². The second-order valence-electron chi connectivity index (χ2n) is 5.53. The van der Waals surface area contributed by atoms with Crippen molar-refractivity contribution >= 4 is 15.7 Å². The summed E-state index contributed by atoms with van der Waals surface area (Å²) in [7, 11) is -3.56. The van der Waals surface area contributed by atoms with Crippen LogP contribution in [0.2, 0.25) is 0 Å². The Morgan fingerprint density at radius 1 is 1.12 bits per heavy atom. The lowest BCUT2D eigenvalue weighted by Crippen LogP contribution is -2.34. The lowest BCUT2D eigenvalue weighted by Gasteiger charge is -2.19. The number of benzene rings is 1. The monoisotopic (exact) mass is 349 g/mol. The predicted octanol–water partition coefficient (Wildman–Crippen LogP) is 1.62. The molecule has 0 saturated carbocycles. The minimum absolute atomic E-state index is 0.0271. The second kappa shape index (κ2) is 6.64. The number of amides is 1. The van der Waals surface area contributed by atoms with Gasteiger partial charge in [-0.05, 0) is 18.6 Å². The van der Waals surface area contributed by atoms with Crippen molar-refractivity contribution in [2.45, 2.75) is 11.7 Å². The van der Waals surface area contributed by atoms with Gasteiger partial charge in [-0.3, -0.25) is 4.79 Å². The van der Waals surface area contributed by atoms with E-state index in [9.17, 15) is 17.6 Å². The van der Waals surface area contributed by atoms with Crippen molar-refractivity contribution in [3.63, 3.8) is 0 Å². The third-order valence-corrected chi connectivity index (χ3v) is 6.15. The van der Waals surface area contributed by atoms with E-state index < -0.39 is 26.8 Å². The van der Waals surface area contributed by atoms with Gasteiger partial charge in [-0.1, -0.05) is 18.2 Å². The molecular formula is C16H16FN3O3S. The van der Waals surface area contributed by atoms with Gasteiger partial charge in [0.2, 0.25) is 5.82 Å². The maximum Gasteiger partial charge on any atom is 0.291 e. The third-order valence-electron chi connectivity index (χ3n) is 4.04. The van der Waals surface area contributed by atoms with E-state index in [0.29, 0.717) is 0 Å². The number of sulfone groups is 1. The van der Waals surface area contributed by atoms with Gasteiger partial charge in [-0.2, -0.15) is 0 Å². The molecule has 1 amide bonds. The van der Waals surface area contributed by atoms with Gasteiger partial charge >= 0.3 is 0 Å². The number of hydrogen-bond acceptors (Lipinski definition) is 5. The molecule has 0 bridgehead atoms. The van der Waals surface area contributed by atoms with Crippen molar-refractivity contribution < 1.29 is 17.6 Å². The molecule has 1 aliphatic rings. The number of carbonyl (C=O) groups is 1. The molecule has 0 unspecified atom stereocenters. The second-order valence-corrected chi connectivity index (χ2v) is 7.83. The van der Waals surface area contributed by atoms with Gasteiger partial charge in [0.1, 0.15) is 5.82 Å². The molecule has 1 aliphatic heterocycles. The highest BCUT2D eigenvalue weighted by molar-refractivity contribution is 7.91. The number of carbonyl (C=O) groups excluding carboxylic acids is 1. The number of hydrogen-bond donors (Lipinski definition) is 0. The smallest absolute Gasteiger partial charge is 0.291 e. The highest BCUT2D eigenvalue weighted by Crippen LogP contribution is 2.31. The maximum absolute atomic E-state index is 14.0. The van der Waals surface area contributed by atoms with Gasteiger partial charge < -0.3 is 4.90 Å². The van der Waals surface area contributed by atoms with Gasteiger partial charge in [-0.25, -0.2) is 22.8 Å². The summed E-state index contributed by atoms with van der Waals surface area (Å²) in [5.74, 6) is -1.15. The topological polar surface area (TPSA) is 80.2 Å². The van der Waals surface area contributed by atoms with E-state index in [1.165, 1.54) is 35.5 Å². The Balaban J connectivity index is 1.85. The van der Waals surface area contributed by atoms with Crippen LogP contribution in [0.5, 0.6) is 0 Å². The molecule has 1 aromatic heterocycles. The summed E-state index contributed by atoms with van der Waals surface area (Å²) in [6.07, 6.45) is 3.05. The van der Waals surface area contributed by atoms with Crippen molar-refractivity contribution in [2.75, 3.05) is 18.8 Å². The van der Waals surface area contributed by atoms with Crippen LogP contribution in [0.3, 0.4) is 0 Å². The molecule has 1 saturated heterocycles. The normalized spacial score (nSPS) is 20.4. The van der Waals surface area contributed by atoms with Crippen molar-refractivity contribution in [1.82, 2.24) is 14.9 Å². The zero-order valence-electron chi connectivity index (χ0n) is 12.8. The largest absolute Gasteiger partial charge is 0.335 e. The average molecular weight is 349 g/mol. The molecule has 3 rings (SSSR count). The van der Waals surface area contributed by atoms with Crippen LogP contribution in [-0.2, 0) is 9.84 Å². The predicted molar refractivity (Wildman–Crippen MR) is 85.5 cm³/mol. The molecule has 1 atom stereocenters. The Labute approximate surface area is 139 Å². The quantitative estimate of drug-likeness (QED) is 0.823. The van der Waals surface area contributed by atoms with E-state index in [1.54, 1.807) is 12.1 Å². The molecule has 1 fully saturated rings. The number of aromatic nitrogens is 2. The van der Waals surface area contributed by atoms with Crippen LogP contribution >= 0.6 is 0 Å². The van der Waals surface area contributed by atoms with E-state index in [4.69, 9.17) is 0 Å². The molecule has 0 aliphatic carbocycles. The van der Waals surface area contributed by atoms with Crippen LogP contribution < -0.4 is 0 Å². The highest BCUT2D eigenvalue weighted by atomic mass is 32.2. The molecule has 2 aromatic rings. The first-order chi connectivity index (χ1) is 11.5. The Bertz CT molecular complexity index is 843. The zero-order chi connectivity index (χ0) is 17.2. The molecule has 6 nitrogen and oxygen atoms in total. The first-order valence-corrected chi connectivity index (χ1v) is 9.23. The van der Waals surface area contributed by atoms with Gasteiger partial charge in [-0.15, -0.1) is 0 Å². The van der Waals surface area contributed by atoms with E-state index in [1.807, 2.05) is 0 Å². The van der Waals surface area contributed by atoms with E-state index >= 15 is 0 Å². The minimum Gasteiger partial charge on any atom is -0.335 e. The maximum atomic E-state index is 14.0. The number of rotatable bonds is 2. The molecule has 0 N–H and O–H groups in total. The highest BCUT2D eigenvalue weighted by Gasteiger charge is 2.34. The number of nitrogens with zero attached hydrogens (tertiary/aromatic N) is 3. The Morgan fingerprint density at radius 3 is 2.54 bits per heavy atom. The lowest BCUT2D eigenvalue weighted by atomic mass is 10.1. The van der Waals surface area contributed by atoms with Crippen LogP contribution in [0.15, 0.2) is 42.7 Å². The molecule has 126 valence electrons. The van der Waals surface area contributed by atoms with Crippen LogP contribution in [-0.4, -0.2) is 48.0 Å². The van der Waals surface area contributed by atoms with Gasteiger partial charge in [0.25, 0.3) is 5.91 Å². The molecule has 8 heteroatoms. The molecular weight excluding hydrogens is 333 g/mol. The Morgan fingerprint density at radius 2 is 1.83 bits per heavy atom. The summed E-state index contributed by atoms with van der Waals surface area (Å²) in [4.78, 5) is 21.6. The van der Waals surface area contributed by atoms with Crippen molar-refractivity contribution in [2.24, 2.45) is 0 Å². The van der Waals surface area contributed by atoms with Crippen molar-refractivity contribution in [3.05, 3.63) is 59.9 Å². The SMILES string of the molecule is O=C(c1ncccn1)N1CC[C@H](c2ccccc2F)S(=O)(=O)CC1. The third kappa shape index (κ3) is 3.28. The average Bonchev–Trinajstić information content (AvgIpc) is 2.74. The fraction of sp³-hybridized carbons (Fsp3) is 0.312. The summed E-state index contributed by atoms with van der Waals surface area (Å²) in [5, 5.41) is -0.951. The van der Waals surface area contributed by atoms with Gasteiger partial charge in [0.05, 0.1) is 11.0 Å². The summed E-state index contributed by atoms with van der Waals surface area (Å²) >= 11 is 0. The van der Waals surface area contributed by atoms with Crippen LogP contribution in [0.4, 0.5) is 4.39 Å². The minimum atomic E-state index is -3.56. The molecule has 0 spiro atoms. The molecule has 2 heterocycles. The fourth-order valence-electron chi connectivity index (χ4n) is 2.78.